The summed E-state index contributed by atoms with van der Waals surface area (Å²) in [4.78, 5) is 4.30. The highest BCUT2D eigenvalue weighted by Gasteiger charge is 2.08. The predicted molar refractivity (Wildman–Crippen MR) is 61.8 cm³/mol. The van der Waals surface area contributed by atoms with E-state index in [0.717, 1.165) is 10.2 Å². The van der Waals surface area contributed by atoms with Crippen molar-refractivity contribution in [1.29, 1.82) is 0 Å². The molecule has 0 saturated heterocycles. The van der Waals surface area contributed by atoms with Gasteiger partial charge in [-0.1, -0.05) is 11.3 Å². The van der Waals surface area contributed by atoms with Gasteiger partial charge in [0.05, 0.1) is 29.6 Å². The molecule has 0 aliphatic heterocycles. The maximum Gasteiger partial charge on any atom is 0.274 e. The van der Waals surface area contributed by atoms with Crippen LogP contribution in [0.1, 0.15) is 6.92 Å². The van der Waals surface area contributed by atoms with Crippen molar-refractivity contribution >= 4 is 27.2 Å². The Balaban J connectivity index is 2.51. The summed E-state index contributed by atoms with van der Waals surface area (Å²) in [6.45, 7) is 2.55. The van der Waals surface area contributed by atoms with Crippen molar-refractivity contribution in [2.24, 2.45) is 0 Å². The number of fused-ring (bicyclic) bond motifs is 1. The van der Waals surface area contributed by atoms with Crippen molar-refractivity contribution in [2.75, 3.05) is 19.5 Å². The Morgan fingerprint density at radius 2 is 2.27 bits per heavy atom. The van der Waals surface area contributed by atoms with E-state index in [1.165, 1.54) is 11.3 Å². The third-order valence-electron chi connectivity index (χ3n) is 1.99. The number of benzene rings is 1. The number of nitrogen functional groups attached to an aromatic ring is 1. The van der Waals surface area contributed by atoms with E-state index in [1.54, 1.807) is 13.2 Å². The fraction of sp³-hybridized carbons (Fsp3) is 0.300. The van der Waals surface area contributed by atoms with Gasteiger partial charge in [0.25, 0.3) is 5.19 Å². The summed E-state index contributed by atoms with van der Waals surface area (Å²) in [6, 6.07) is 3.68. The molecule has 5 heteroatoms. The van der Waals surface area contributed by atoms with Gasteiger partial charge in [-0.2, -0.15) is 0 Å². The number of hydrogen-bond donors (Lipinski definition) is 1. The van der Waals surface area contributed by atoms with Crippen molar-refractivity contribution in [3.63, 3.8) is 0 Å². The van der Waals surface area contributed by atoms with Crippen LogP contribution in [-0.4, -0.2) is 18.7 Å². The van der Waals surface area contributed by atoms with Gasteiger partial charge in [-0.25, -0.2) is 4.98 Å². The molecule has 0 aliphatic rings. The van der Waals surface area contributed by atoms with E-state index >= 15 is 0 Å². The number of methoxy groups -OCH3 is 1. The second-order valence-corrected chi connectivity index (χ2v) is 3.97. The van der Waals surface area contributed by atoms with Gasteiger partial charge in [0.15, 0.2) is 0 Å². The number of hydrogen-bond acceptors (Lipinski definition) is 5. The normalized spacial score (nSPS) is 10.5. The summed E-state index contributed by atoms with van der Waals surface area (Å²) in [6.07, 6.45) is 0. The van der Waals surface area contributed by atoms with Crippen molar-refractivity contribution in [3.8, 4) is 10.9 Å². The Morgan fingerprint density at radius 1 is 1.47 bits per heavy atom. The van der Waals surface area contributed by atoms with Crippen molar-refractivity contribution in [1.82, 2.24) is 4.98 Å². The van der Waals surface area contributed by atoms with E-state index in [9.17, 15) is 0 Å². The lowest BCUT2D eigenvalue weighted by Gasteiger charge is -2.02. The average molecular weight is 224 g/mol. The zero-order valence-electron chi connectivity index (χ0n) is 8.61. The van der Waals surface area contributed by atoms with E-state index in [0.29, 0.717) is 23.2 Å². The second kappa shape index (κ2) is 3.94. The lowest BCUT2D eigenvalue weighted by Crippen LogP contribution is -1.91. The van der Waals surface area contributed by atoms with Crippen LogP contribution in [0.15, 0.2) is 12.1 Å². The average Bonchev–Trinajstić information content (AvgIpc) is 2.58. The quantitative estimate of drug-likeness (QED) is 0.813. The molecular weight excluding hydrogens is 212 g/mol. The fourth-order valence-electron chi connectivity index (χ4n) is 1.31. The number of ether oxygens (including phenoxy) is 2. The SMILES string of the molecule is CCOc1nc2cc(N)c(OC)cc2s1. The molecule has 4 nitrogen and oxygen atoms in total. The van der Waals surface area contributed by atoms with Crippen LogP contribution >= 0.6 is 11.3 Å². The number of nitrogens with two attached hydrogens (primary N) is 1. The maximum atomic E-state index is 5.78. The number of rotatable bonds is 3. The van der Waals surface area contributed by atoms with Crippen LogP contribution in [0.5, 0.6) is 10.9 Å². The highest BCUT2D eigenvalue weighted by Crippen LogP contribution is 2.34. The van der Waals surface area contributed by atoms with E-state index in [1.807, 2.05) is 13.0 Å². The highest BCUT2D eigenvalue weighted by molar-refractivity contribution is 7.20. The van der Waals surface area contributed by atoms with E-state index in [-0.39, 0.29) is 0 Å². The summed E-state index contributed by atoms with van der Waals surface area (Å²) in [5, 5.41) is 0.667. The first-order valence-electron chi connectivity index (χ1n) is 4.61. The van der Waals surface area contributed by atoms with E-state index in [2.05, 4.69) is 4.98 Å². The van der Waals surface area contributed by atoms with Gasteiger partial charge in [0.2, 0.25) is 0 Å². The van der Waals surface area contributed by atoms with Gasteiger partial charge in [-0.3, -0.25) is 0 Å². The molecular formula is C10H12N2O2S. The first-order valence-corrected chi connectivity index (χ1v) is 5.43. The standard InChI is InChI=1S/C10H12N2O2S/c1-3-14-10-12-7-4-6(11)8(13-2)5-9(7)15-10/h4-5H,3,11H2,1-2H3. The van der Waals surface area contributed by atoms with Crippen molar-refractivity contribution < 1.29 is 9.47 Å². The molecule has 2 rings (SSSR count). The maximum absolute atomic E-state index is 5.78. The second-order valence-electron chi connectivity index (χ2n) is 2.97. The van der Waals surface area contributed by atoms with Crippen LogP contribution in [0.4, 0.5) is 5.69 Å². The fourth-order valence-corrected chi connectivity index (χ4v) is 2.20. The molecule has 0 unspecified atom stereocenters. The molecule has 0 spiro atoms. The van der Waals surface area contributed by atoms with Crippen LogP contribution in [0, 0.1) is 0 Å². The first kappa shape index (κ1) is 10.0. The van der Waals surface area contributed by atoms with E-state index in [4.69, 9.17) is 15.2 Å². The number of thiazole rings is 1. The molecule has 15 heavy (non-hydrogen) atoms. The molecule has 0 fully saturated rings. The monoisotopic (exact) mass is 224 g/mol. The molecule has 1 aromatic carbocycles. The molecule has 2 N–H and O–H groups in total. The number of anilines is 1. The lowest BCUT2D eigenvalue weighted by molar-refractivity contribution is 0.339. The van der Waals surface area contributed by atoms with Gasteiger partial charge < -0.3 is 15.2 Å². The summed E-state index contributed by atoms with van der Waals surface area (Å²) in [5.74, 6) is 0.675. The summed E-state index contributed by atoms with van der Waals surface area (Å²) in [5.41, 5.74) is 7.22. The largest absolute Gasteiger partial charge is 0.495 e. The Hall–Kier alpha value is -1.49. The van der Waals surface area contributed by atoms with E-state index < -0.39 is 0 Å². The highest BCUT2D eigenvalue weighted by atomic mass is 32.1. The van der Waals surface area contributed by atoms with Gasteiger partial charge in [-0.05, 0) is 13.0 Å². The molecule has 0 atom stereocenters. The van der Waals surface area contributed by atoms with Gasteiger partial charge in [0, 0.05) is 6.07 Å². The summed E-state index contributed by atoms with van der Waals surface area (Å²) >= 11 is 1.49. The minimum absolute atomic E-state index is 0.596. The topological polar surface area (TPSA) is 57.4 Å². The van der Waals surface area contributed by atoms with Gasteiger partial charge in [0.1, 0.15) is 5.75 Å². The zero-order chi connectivity index (χ0) is 10.8. The Morgan fingerprint density at radius 3 is 2.93 bits per heavy atom. The molecule has 80 valence electrons. The molecule has 1 heterocycles. The molecule has 0 aliphatic carbocycles. The zero-order valence-corrected chi connectivity index (χ0v) is 9.43. The third-order valence-corrected chi connectivity index (χ3v) is 2.92. The number of nitrogens with zero attached hydrogens (tertiary/aromatic N) is 1. The Labute approximate surface area is 91.6 Å². The lowest BCUT2D eigenvalue weighted by atomic mass is 10.3. The van der Waals surface area contributed by atoms with Crippen LogP contribution in [0.3, 0.4) is 0 Å². The molecule has 0 amide bonds. The molecule has 1 aromatic heterocycles. The van der Waals surface area contributed by atoms with Gasteiger partial charge in [-0.15, -0.1) is 0 Å². The Kier molecular flexibility index (Phi) is 2.64. The minimum atomic E-state index is 0.596. The van der Waals surface area contributed by atoms with Gasteiger partial charge >= 0.3 is 0 Å². The molecule has 0 bridgehead atoms. The Bertz CT molecular complexity index is 481. The van der Waals surface area contributed by atoms with Crippen molar-refractivity contribution in [2.45, 2.75) is 6.92 Å². The molecule has 0 saturated carbocycles. The third kappa shape index (κ3) is 1.83. The minimum Gasteiger partial charge on any atom is -0.495 e. The van der Waals surface area contributed by atoms with Crippen LogP contribution < -0.4 is 15.2 Å². The van der Waals surface area contributed by atoms with Crippen molar-refractivity contribution in [3.05, 3.63) is 12.1 Å². The van der Waals surface area contributed by atoms with Crippen LogP contribution in [0.2, 0.25) is 0 Å². The molecule has 0 radical (unpaired) electrons. The van der Waals surface area contributed by atoms with Crippen LogP contribution in [0.25, 0.3) is 10.2 Å². The van der Waals surface area contributed by atoms with Crippen LogP contribution in [-0.2, 0) is 0 Å². The predicted octanol–water partition coefficient (Wildman–Crippen LogP) is 2.29. The first-order chi connectivity index (χ1) is 7.24. The number of aromatic nitrogens is 1. The summed E-state index contributed by atoms with van der Waals surface area (Å²) < 4.78 is 11.5. The summed E-state index contributed by atoms with van der Waals surface area (Å²) in [7, 11) is 1.60. The molecule has 2 aromatic rings. The smallest absolute Gasteiger partial charge is 0.274 e.